The molecule has 7 nitrogen and oxygen atoms in total. The van der Waals surface area contributed by atoms with Crippen molar-refractivity contribution in [3.8, 4) is 0 Å². The molecule has 0 aliphatic heterocycles. The van der Waals surface area contributed by atoms with E-state index in [1.807, 2.05) is 0 Å². The van der Waals surface area contributed by atoms with Gasteiger partial charge in [-0.05, 0) is 31.9 Å². The van der Waals surface area contributed by atoms with E-state index in [1.165, 1.54) is 36.3 Å². The molecule has 0 radical (unpaired) electrons. The second-order valence-corrected chi connectivity index (χ2v) is 8.64. The number of amides is 1. The molecule has 8 heteroatoms. The number of carbonyl (C=O) groups excluding carboxylic acids is 2. The molecule has 0 unspecified atom stereocenters. The van der Waals surface area contributed by atoms with Crippen LogP contribution < -0.4 is 10.9 Å². The van der Waals surface area contributed by atoms with Crippen molar-refractivity contribution in [1.29, 1.82) is 0 Å². The van der Waals surface area contributed by atoms with E-state index in [-0.39, 0.29) is 24.1 Å². The number of nitrogens with zero attached hydrogens (tertiary/aromatic N) is 2. The second kappa shape index (κ2) is 9.91. The zero-order valence-corrected chi connectivity index (χ0v) is 17.7. The fourth-order valence-electron chi connectivity index (χ4n) is 3.52. The van der Waals surface area contributed by atoms with Gasteiger partial charge in [-0.15, -0.1) is 0 Å². The first-order valence-corrected chi connectivity index (χ1v) is 10.9. The number of esters is 1. The molecule has 1 aliphatic rings. The van der Waals surface area contributed by atoms with Gasteiger partial charge in [0, 0.05) is 6.04 Å². The Bertz CT molecular complexity index is 935. The molecule has 1 heterocycles. The fraction of sp³-hybridized carbons (Fsp3) is 0.524. The summed E-state index contributed by atoms with van der Waals surface area (Å²) in [5.74, 6) is -0.615. The molecule has 0 bridgehead atoms. The van der Waals surface area contributed by atoms with Crippen LogP contribution >= 0.6 is 11.8 Å². The van der Waals surface area contributed by atoms with Crippen LogP contribution in [0.3, 0.4) is 0 Å². The number of nitrogens with one attached hydrogen (secondary N) is 1. The Morgan fingerprint density at radius 1 is 1.24 bits per heavy atom. The molecule has 1 aromatic heterocycles. The minimum atomic E-state index is -0.540. The van der Waals surface area contributed by atoms with Gasteiger partial charge in [0.15, 0.2) is 5.16 Å². The Hall–Kier alpha value is -2.35. The lowest BCUT2D eigenvalue weighted by atomic mass is 10.1. The van der Waals surface area contributed by atoms with E-state index in [0.29, 0.717) is 16.1 Å². The third kappa shape index (κ3) is 5.38. The maximum absolute atomic E-state index is 12.9. The van der Waals surface area contributed by atoms with E-state index in [2.05, 4.69) is 10.3 Å². The first kappa shape index (κ1) is 21.4. The smallest absolute Gasteiger partial charge is 0.325 e. The van der Waals surface area contributed by atoms with E-state index < -0.39 is 11.2 Å². The quantitative estimate of drug-likeness (QED) is 0.336. The summed E-state index contributed by atoms with van der Waals surface area (Å²) in [6, 6.07) is 7.18. The second-order valence-electron chi connectivity index (χ2n) is 7.34. The standard InChI is InChI=1S/C21H27N3O4S/c1-14(19(26)22-15-9-5-3-4-6-10-15)29-21-23-17-12-8-7-11-16(17)20(27)24(21)13-18(25)28-2/h7-8,11-12,14-15H,3-6,9-10,13H2,1-2H3,(H,22,26)/t14-/m1/s1. The third-order valence-corrected chi connectivity index (χ3v) is 6.28. The van der Waals surface area contributed by atoms with Crippen molar-refractivity contribution in [1.82, 2.24) is 14.9 Å². The molecule has 1 aromatic carbocycles. The fourth-order valence-corrected chi connectivity index (χ4v) is 4.44. The average Bonchev–Trinajstić information content (AvgIpc) is 2.99. The van der Waals surface area contributed by atoms with Crippen LogP contribution in [0.15, 0.2) is 34.2 Å². The normalized spacial score (nSPS) is 16.2. The minimum absolute atomic E-state index is 0.0751. The largest absolute Gasteiger partial charge is 0.468 e. The van der Waals surface area contributed by atoms with Crippen LogP contribution in [0.2, 0.25) is 0 Å². The van der Waals surface area contributed by atoms with Crippen LogP contribution in [0.4, 0.5) is 0 Å². The molecule has 1 atom stereocenters. The number of aromatic nitrogens is 2. The SMILES string of the molecule is COC(=O)Cn1c(S[C@H](C)C(=O)NC2CCCCCC2)nc2ccccc2c1=O. The number of ether oxygens (including phenoxy) is 1. The molecule has 1 saturated carbocycles. The molecule has 1 amide bonds. The number of hydrogen-bond donors (Lipinski definition) is 1. The maximum Gasteiger partial charge on any atom is 0.325 e. The van der Waals surface area contributed by atoms with Crippen molar-refractivity contribution in [3.63, 3.8) is 0 Å². The lowest BCUT2D eigenvalue weighted by molar-refractivity contribution is -0.141. The third-order valence-electron chi connectivity index (χ3n) is 5.19. The number of para-hydroxylation sites is 1. The molecule has 1 N–H and O–H groups in total. The molecule has 2 aromatic rings. The van der Waals surface area contributed by atoms with Crippen LogP contribution in [0, 0.1) is 0 Å². The van der Waals surface area contributed by atoms with Gasteiger partial charge < -0.3 is 10.1 Å². The van der Waals surface area contributed by atoms with Crippen molar-refractivity contribution in [2.75, 3.05) is 7.11 Å². The van der Waals surface area contributed by atoms with E-state index in [1.54, 1.807) is 31.2 Å². The Morgan fingerprint density at radius 2 is 1.93 bits per heavy atom. The lowest BCUT2D eigenvalue weighted by Crippen LogP contribution is -2.39. The highest BCUT2D eigenvalue weighted by Gasteiger charge is 2.23. The zero-order chi connectivity index (χ0) is 20.8. The number of hydrogen-bond acceptors (Lipinski definition) is 6. The summed E-state index contributed by atoms with van der Waals surface area (Å²) in [6.07, 6.45) is 6.72. The molecular weight excluding hydrogens is 390 g/mol. The highest BCUT2D eigenvalue weighted by atomic mass is 32.2. The minimum Gasteiger partial charge on any atom is -0.468 e. The van der Waals surface area contributed by atoms with Crippen molar-refractivity contribution < 1.29 is 14.3 Å². The number of carbonyl (C=O) groups is 2. The summed E-state index contributed by atoms with van der Waals surface area (Å²) in [5.41, 5.74) is 0.220. The van der Waals surface area contributed by atoms with Gasteiger partial charge in [-0.2, -0.15) is 0 Å². The van der Waals surface area contributed by atoms with Gasteiger partial charge in [-0.25, -0.2) is 4.98 Å². The van der Waals surface area contributed by atoms with E-state index >= 15 is 0 Å². The van der Waals surface area contributed by atoms with Gasteiger partial charge in [0.25, 0.3) is 5.56 Å². The Kier molecular flexibility index (Phi) is 7.30. The summed E-state index contributed by atoms with van der Waals surface area (Å²) in [7, 11) is 1.28. The average molecular weight is 418 g/mol. The Balaban J connectivity index is 1.83. The van der Waals surface area contributed by atoms with Crippen LogP contribution in [0.25, 0.3) is 10.9 Å². The summed E-state index contributed by atoms with van der Waals surface area (Å²) in [6.45, 7) is 1.55. The zero-order valence-electron chi connectivity index (χ0n) is 16.8. The lowest BCUT2D eigenvalue weighted by Gasteiger charge is -2.20. The first-order valence-electron chi connectivity index (χ1n) is 10.0. The van der Waals surface area contributed by atoms with Crippen molar-refractivity contribution in [2.24, 2.45) is 0 Å². The van der Waals surface area contributed by atoms with Gasteiger partial charge in [0.1, 0.15) is 6.54 Å². The van der Waals surface area contributed by atoms with Gasteiger partial charge >= 0.3 is 5.97 Å². The number of thioether (sulfide) groups is 1. The summed E-state index contributed by atoms with van der Waals surface area (Å²) < 4.78 is 6.01. The van der Waals surface area contributed by atoms with E-state index in [9.17, 15) is 14.4 Å². The van der Waals surface area contributed by atoms with Gasteiger partial charge in [0.2, 0.25) is 5.91 Å². The predicted octanol–water partition coefficient (Wildman–Crippen LogP) is 2.89. The molecule has 0 spiro atoms. The van der Waals surface area contributed by atoms with Crippen LogP contribution in [0.1, 0.15) is 45.4 Å². The van der Waals surface area contributed by atoms with Gasteiger partial charge in [-0.1, -0.05) is 49.6 Å². The highest BCUT2D eigenvalue weighted by Crippen LogP contribution is 2.24. The van der Waals surface area contributed by atoms with Crippen LogP contribution in [-0.2, 0) is 20.9 Å². The van der Waals surface area contributed by atoms with Crippen LogP contribution in [-0.4, -0.2) is 39.8 Å². The highest BCUT2D eigenvalue weighted by molar-refractivity contribution is 8.00. The molecule has 1 aliphatic carbocycles. The number of benzene rings is 1. The molecular formula is C21H27N3O4S. The monoisotopic (exact) mass is 417 g/mol. The number of fused-ring (bicyclic) bond motifs is 1. The Labute approximate surface area is 174 Å². The van der Waals surface area contributed by atoms with Crippen LogP contribution in [0.5, 0.6) is 0 Å². The van der Waals surface area contributed by atoms with Gasteiger partial charge in [-0.3, -0.25) is 19.0 Å². The molecule has 3 rings (SSSR count). The predicted molar refractivity (Wildman–Crippen MR) is 113 cm³/mol. The molecule has 156 valence electrons. The van der Waals surface area contributed by atoms with Crippen molar-refractivity contribution in [2.45, 2.75) is 68.4 Å². The Morgan fingerprint density at radius 3 is 2.62 bits per heavy atom. The molecule has 1 fully saturated rings. The number of rotatable bonds is 6. The summed E-state index contributed by atoms with van der Waals surface area (Å²) in [4.78, 5) is 42.0. The summed E-state index contributed by atoms with van der Waals surface area (Å²) in [5, 5.41) is 3.45. The topological polar surface area (TPSA) is 90.3 Å². The number of methoxy groups -OCH3 is 1. The molecule has 29 heavy (non-hydrogen) atoms. The van der Waals surface area contributed by atoms with E-state index in [4.69, 9.17) is 4.74 Å². The first-order chi connectivity index (χ1) is 14.0. The van der Waals surface area contributed by atoms with E-state index in [0.717, 1.165) is 25.7 Å². The van der Waals surface area contributed by atoms with Crippen molar-refractivity contribution >= 4 is 34.5 Å². The molecule has 0 saturated heterocycles. The van der Waals surface area contributed by atoms with Gasteiger partial charge in [0.05, 0.1) is 23.3 Å². The van der Waals surface area contributed by atoms with Crippen molar-refractivity contribution in [3.05, 3.63) is 34.6 Å². The summed E-state index contributed by atoms with van der Waals surface area (Å²) >= 11 is 1.19. The maximum atomic E-state index is 12.9.